The van der Waals surface area contributed by atoms with Crippen molar-refractivity contribution in [3.63, 3.8) is 0 Å². The number of likely N-dealkylation sites (N-methyl/N-ethyl adjacent to an activating group) is 1. The van der Waals surface area contributed by atoms with Crippen LogP contribution in [0.3, 0.4) is 0 Å². The van der Waals surface area contributed by atoms with E-state index in [1.54, 1.807) is 6.08 Å². The zero-order chi connectivity index (χ0) is 15.0. The fourth-order valence-corrected chi connectivity index (χ4v) is 1.76. The van der Waals surface area contributed by atoms with Crippen molar-refractivity contribution in [1.82, 2.24) is 15.1 Å². The quantitative estimate of drug-likeness (QED) is 0.546. The molecule has 1 rings (SSSR count). The molecule has 1 heterocycles. The van der Waals surface area contributed by atoms with Crippen LogP contribution in [0.25, 0.3) is 0 Å². The molecule has 0 aliphatic heterocycles. The topological polar surface area (TPSA) is 48.7 Å². The van der Waals surface area contributed by atoms with Crippen molar-refractivity contribution < 1.29 is 9.21 Å². The Morgan fingerprint density at radius 2 is 2.15 bits per heavy atom. The van der Waals surface area contributed by atoms with Crippen LogP contribution >= 0.6 is 0 Å². The van der Waals surface area contributed by atoms with Gasteiger partial charge in [-0.3, -0.25) is 4.79 Å². The number of hydrogen-bond donors (Lipinski definition) is 1. The highest BCUT2D eigenvalue weighted by molar-refractivity contribution is 5.78. The molecule has 1 aromatic rings. The molecule has 0 saturated heterocycles. The van der Waals surface area contributed by atoms with E-state index in [4.69, 9.17) is 4.42 Å². The number of hydrogen-bond acceptors (Lipinski definition) is 4. The molecule has 5 nitrogen and oxygen atoms in total. The van der Waals surface area contributed by atoms with Gasteiger partial charge in [0.2, 0.25) is 5.91 Å². The van der Waals surface area contributed by atoms with Gasteiger partial charge in [-0.1, -0.05) is 6.08 Å². The van der Waals surface area contributed by atoms with E-state index in [1.165, 1.54) is 0 Å². The summed E-state index contributed by atoms with van der Waals surface area (Å²) in [6.45, 7) is 8.50. The van der Waals surface area contributed by atoms with Crippen LogP contribution in [0.1, 0.15) is 11.5 Å². The molecule has 1 aromatic heterocycles. The summed E-state index contributed by atoms with van der Waals surface area (Å²) in [5.74, 6) is 1.76. The molecular formula is C15H25N3O2. The number of rotatable bonds is 9. The lowest BCUT2D eigenvalue weighted by molar-refractivity contribution is -0.131. The summed E-state index contributed by atoms with van der Waals surface area (Å²) in [4.78, 5) is 16.1. The Morgan fingerprint density at radius 1 is 1.40 bits per heavy atom. The van der Waals surface area contributed by atoms with Gasteiger partial charge in [0.1, 0.15) is 11.5 Å². The normalized spacial score (nSPS) is 10.8. The SMILES string of the molecule is C=CCNCC(=O)N(CCN(C)C)Cc1ccc(C)o1. The molecule has 0 aliphatic carbocycles. The molecule has 0 aromatic carbocycles. The lowest BCUT2D eigenvalue weighted by Crippen LogP contribution is -2.41. The predicted octanol–water partition coefficient (Wildman–Crippen LogP) is 1.25. The first-order chi connectivity index (χ1) is 9.52. The van der Waals surface area contributed by atoms with Crippen LogP contribution in [0.4, 0.5) is 0 Å². The van der Waals surface area contributed by atoms with E-state index in [0.29, 0.717) is 26.2 Å². The van der Waals surface area contributed by atoms with Crippen LogP contribution < -0.4 is 5.32 Å². The minimum absolute atomic E-state index is 0.0720. The Hall–Kier alpha value is -1.59. The van der Waals surface area contributed by atoms with E-state index in [9.17, 15) is 4.79 Å². The average Bonchev–Trinajstić information content (AvgIpc) is 2.80. The number of carbonyl (C=O) groups excluding carboxylic acids is 1. The van der Waals surface area contributed by atoms with Crippen molar-refractivity contribution in [2.24, 2.45) is 0 Å². The van der Waals surface area contributed by atoms with Gasteiger partial charge in [0.25, 0.3) is 0 Å². The average molecular weight is 279 g/mol. The maximum absolute atomic E-state index is 12.2. The fraction of sp³-hybridized carbons (Fsp3) is 0.533. The molecular weight excluding hydrogens is 254 g/mol. The van der Waals surface area contributed by atoms with Crippen LogP contribution in [0.15, 0.2) is 29.2 Å². The second-order valence-electron chi connectivity index (χ2n) is 5.05. The van der Waals surface area contributed by atoms with Gasteiger partial charge in [0.15, 0.2) is 0 Å². The molecule has 112 valence electrons. The van der Waals surface area contributed by atoms with Gasteiger partial charge in [-0.25, -0.2) is 0 Å². The van der Waals surface area contributed by atoms with Crippen molar-refractivity contribution in [3.8, 4) is 0 Å². The summed E-state index contributed by atoms with van der Waals surface area (Å²) >= 11 is 0. The zero-order valence-corrected chi connectivity index (χ0v) is 12.7. The van der Waals surface area contributed by atoms with Gasteiger partial charge >= 0.3 is 0 Å². The standard InChI is InChI=1S/C15H25N3O2/c1-5-8-16-11-15(19)18(10-9-17(3)4)12-14-7-6-13(2)20-14/h5-7,16H,1,8-12H2,2-4H3. The number of nitrogens with one attached hydrogen (secondary N) is 1. The molecule has 0 atom stereocenters. The summed E-state index contributed by atoms with van der Waals surface area (Å²) in [6.07, 6.45) is 1.74. The van der Waals surface area contributed by atoms with Crippen LogP contribution in [0.2, 0.25) is 0 Å². The summed E-state index contributed by atoms with van der Waals surface area (Å²) in [6, 6.07) is 3.84. The van der Waals surface area contributed by atoms with Gasteiger partial charge in [-0.2, -0.15) is 0 Å². The third kappa shape index (κ3) is 6.04. The molecule has 5 heteroatoms. The van der Waals surface area contributed by atoms with Crippen molar-refractivity contribution in [1.29, 1.82) is 0 Å². The Kier molecular flexibility index (Phi) is 7.04. The third-order valence-corrected chi connectivity index (χ3v) is 2.88. The molecule has 0 fully saturated rings. The predicted molar refractivity (Wildman–Crippen MR) is 80.5 cm³/mol. The molecule has 0 bridgehead atoms. The molecule has 0 aliphatic rings. The monoisotopic (exact) mass is 279 g/mol. The van der Waals surface area contributed by atoms with E-state index in [2.05, 4.69) is 16.8 Å². The highest BCUT2D eigenvalue weighted by Gasteiger charge is 2.15. The maximum Gasteiger partial charge on any atom is 0.236 e. The molecule has 20 heavy (non-hydrogen) atoms. The number of amides is 1. The van der Waals surface area contributed by atoms with Crippen molar-refractivity contribution in [2.75, 3.05) is 40.3 Å². The van der Waals surface area contributed by atoms with Crippen molar-refractivity contribution in [3.05, 3.63) is 36.3 Å². The van der Waals surface area contributed by atoms with E-state index in [-0.39, 0.29) is 5.91 Å². The van der Waals surface area contributed by atoms with Crippen LogP contribution in [0.5, 0.6) is 0 Å². The molecule has 0 spiro atoms. The molecule has 1 amide bonds. The molecule has 0 radical (unpaired) electrons. The van der Waals surface area contributed by atoms with Gasteiger partial charge in [0, 0.05) is 19.6 Å². The Morgan fingerprint density at radius 3 is 2.70 bits per heavy atom. The summed E-state index contributed by atoms with van der Waals surface area (Å²) in [5.41, 5.74) is 0. The Bertz CT molecular complexity index is 427. The maximum atomic E-state index is 12.2. The largest absolute Gasteiger partial charge is 0.464 e. The molecule has 1 N–H and O–H groups in total. The van der Waals surface area contributed by atoms with Gasteiger partial charge < -0.3 is 19.5 Å². The van der Waals surface area contributed by atoms with Gasteiger partial charge in [-0.15, -0.1) is 6.58 Å². The Balaban J connectivity index is 2.58. The first-order valence-electron chi connectivity index (χ1n) is 6.82. The summed E-state index contributed by atoms with van der Waals surface area (Å²) in [7, 11) is 3.99. The van der Waals surface area contributed by atoms with E-state index in [1.807, 2.05) is 38.1 Å². The first-order valence-corrected chi connectivity index (χ1v) is 6.82. The third-order valence-electron chi connectivity index (χ3n) is 2.88. The minimum Gasteiger partial charge on any atom is -0.464 e. The highest BCUT2D eigenvalue weighted by atomic mass is 16.3. The fourth-order valence-electron chi connectivity index (χ4n) is 1.76. The number of furan rings is 1. The van der Waals surface area contributed by atoms with Gasteiger partial charge in [-0.05, 0) is 33.2 Å². The zero-order valence-electron chi connectivity index (χ0n) is 12.7. The van der Waals surface area contributed by atoms with Crippen LogP contribution in [-0.4, -0.2) is 56.0 Å². The van der Waals surface area contributed by atoms with Crippen LogP contribution in [-0.2, 0) is 11.3 Å². The first kappa shape index (κ1) is 16.5. The lowest BCUT2D eigenvalue weighted by Gasteiger charge is -2.23. The van der Waals surface area contributed by atoms with Gasteiger partial charge in [0.05, 0.1) is 13.1 Å². The molecule has 0 unspecified atom stereocenters. The van der Waals surface area contributed by atoms with E-state index >= 15 is 0 Å². The van der Waals surface area contributed by atoms with Crippen molar-refractivity contribution >= 4 is 5.91 Å². The highest BCUT2D eigenvalue weighted by Crippen LogP contribution is 2.09. The number of nitrogens with zero attached hydrogens (tertiary/aromatic N) is 2. The second kappa shape index (κ2) is 8.55. The van der Waals surface area contributed by atoms with E-state index < -0.39 is 0 Å². The van der Waals surface area contributed by atoms with Crippen molar-refractivity contribution in [2.45, 2.75) is 13.5 Å². The molecule has 0 saturated carbocycles. The van der Waals surface area contributed by atoms with Crippen LogP contribution in [0, 0.1) is 6.92 Å². The Labute approximate surface area is 121 Å². The number of aryl methyl sites for hydroxylation is 1. The van der Waals surface area contributed by atoms with E-state index in [0.717, 1.165) is 18.1 Å². The summed E-state index contributed by atoms with van der Waals surface area (Å²) < 4.78 is 5.55. The second-order valence-corrected chi connectivity index (χ2v) is 5.05. The number of carbonyl (C=O) groups is 1. The smallest absolute Gasteiger partial charge is 0.236 e. The minimum atomic E-state index is 0.0720. The summed E-state index contributed by atoms with van der Waals surface area (Å²) in [5, 5.41) is 3.04. The lowest BCUT2D eigenvalue weighted by atomic mass is 10.3.